The maximum Gasteiger partial charge on any atom is 0.224 e. The highest BCUT2D eigenvalue weighted by Crippen LogP contribution is 2.21. The Morgan fingerprint density at radius 1 is 1.32 bits per heavy atom. The van der Waals surface area contributed by atoms with Gasteiger partial charge in [-0.15, -0.1) is 0 Å². The number of halogens is 1. The van der Waals surface area contributed by atoms with Crippen molar-refractivity contribution in [1.29, 1.82) is 0 Å². The molecule has 1 atom stereocenters. The molecule has 6 heteroatoms. The van der Waals surface area contributed by atoms with E-state index in [9.17, 15) is 5.11 Å². The van der Waals surface area contributed by atoms with E-state index in [-0.39, 0.29) is 0 Å². The Morgan fingerprint density at radius 2 is 2.05 bits per heavy atom. The van der Waals surface area contributed by atoms with E-state index in [2.05, 4.69) is 50.4 Å². The van der Waals surface area contributed by atoms with Crippen molar-refractivity contribution < 1.29 is 5.11 Å². The molecule has 0 fully saturated rings. The lowest BCUT2D eigenvalue weighted by molar-refractivity contribution is 0.0636. The Hall–Kier alpha value is -0.880. The summed E-state index contributed by atoms with van der Waals surface area (Å²) < 4.78 is 0.793. The number of aromatic nitrogens is 2. The van der Waals surface area contributed by atoms with Gasteiger partial charge in [-0.2, -0.15) is 4.98 Å². The summed E-state index contributed by atoms with van der Waals surface area (Å²) in [4.78, 5) is 8.57. The fourth-order valence-corrected chi connectivity index (χ4v) is 2.05. The highest BCUT2D eigenvalue weighted by molar-refractivity contribution is 9.10. The van der Waals surface area contributed by atoms with Crippen molar-refractivity contribution in [3.05, 3.63) is 10.7 Å². The van der Waals surface area contributed by atoms with Crippen molar-refractivity contribution in [3.8, 4) is 0 Å². The van der Waals surface area contributed by atoms with Crippen LogP contribution in [-0.4, -0.2) is 33.8 Å². The first-order valence-electron chi connectivity index (χ1n) is 6.71. The zero-order valence-electron chi connectivity index (χ0n) is 11.8. The molecule has 0 aromatic carbocycles. The number of anilines is 2. The minimum Gasteiger partial charge on any atom is -0.388 e. The van der Waals surface area contributed by atoms with Gasteiger partial charge in [0.25, 0.3) is 0 Å². The molecule has 0 bridgehead atoms. The molecule has 0 saturated heterocycles. The molecule has 0 saturated carbocycles. The average molecular weight is 331 g/mol. The van der Waals surface area contributed by atoms with E-state index < -0.39 is 5.60 Å². The van der Waals surface area contributed by atoms with E-state index in [0.717, 1.165) is 30.3 Å². The predicted octanol–water partition coefficient (Wildman–Crippen LogP) is 3.02. The molecule has 1 rings (SSSR count). The number of nitrogens with one attached hydrogen (secondary N) is 2. The Labute approximate surface area is 123 Å². The van der Waals surface area contributed by atoms with Gasteiger partial charge in [0, 0.05) is 19.3 Å². The van der Waals surface area contributed by atoms with Gasteiger partial charge in [-0.25, -0.2) is 4.98 Å². The summed E-state index contributed by atoms with van der Waals surface area (Å²) in [7, 11) is 0. The first-order chi connectivity index (χ1) is 8.98. The first kappa shape index (κ1) is 16.2. The minimum absolute atomic E-state index is 0.462. The maximum atomic E-state index is 10.1. The minimum atomic E-state index is -0.726. The van der Waals surface area contributed by atoms with Crippen LogP contribution in [0.2, 0.25) is 0 Å². The van der Waals surface area contributed by atoms with Gasteiger partial charge in [0.05, 0.1) is 10.1 Å². The van der Waals surface area contributed by atoms with Crippen molar-refractivity contribution in [3.63, 3.8) is 0 Å². The second kappa shape index (κ2) is 7.65. The zero-order chi connectivity index (χ0) is 14.3. The lowest BCUT2D eigenvalue weighted by atomic mass is 10.0. The standard InChI is InChI=1S/C13H23BrN4O/c1-4-6-13(3,19)9-17-11-10(14)8-16-12(18-11)15-7-5-2/h8,19H,4-7,9H2,1-3H3,(H2,15,16,17,18). The molecule has 0 aliphatic heterocycles. The van der Waals surface area contributed by atoms with Gasteiger partial charge in [0.1, 0.15) is 5.82 Å². The van der Waals surface area contributed by atoms with Crippen LogP contribution in [0.15, 0.2) is 10.7 Å². The van der Waals surface area contributed by atoms with E-state index in [0.29, 0.717) is 18.3 Å². The molecular formula is C13H23BrN4O. The smallest absolute Gasteiger partial charge is 0.224 e. The normalized spacial score (nSPS) is 13.9. The maximum absolute atomic E-state index is 10.1. The van der Waals surface area contributed by atoms with Crippen LogP contribution in [0, 0.1) is 0 Å². The molecule has 1 aromatic rings. The van der Waals surface area contributed by atoms with E-state index >= 15 is 0 Å². The van der Waals surface area contributed by atoms with Crippen molar-refractivity contribution in [2.45, 2.75) is 45.6 Å². The molecule has 0 aliphatic carbocycles. The quantitative estimate of drug-likeness (QED) is 0.683. The summed E-state index contributed by atoms with van der Waals surface area (Å²) in [6, 6.07) is 0. The van der Waals surface area contributed by atoms with Crippen LogP contribution in [0.1, 0.15) is 40.0 Å². The van der Waals surface area contributed by atoms with Crippen LogP contribution in [-0.2, 0) is 0 Å². The topological polar surface area (TPSA) is 70.1 Å². The third kappa shape index (κ3) is 5.74. The van der Waals surface area contributed by atoms with Crippen molar-refractivity contribution in [2.24, 2.45) is 0 Å². The number of nitrogens with zero attached hydrogens (tertiary/aromatic N) is 2. The predicted molar refractivity (Wildman–Crippen MR) is 82.5 cm³/mol. The highest BCUT2D eigenvalue weighted by Gasteiger charge is 2.19. The first-order valence-corrected chi connectivity index (χ1v) is 7.50. The molecule has 19 heavy (non-hydrogen) atoms. The van der Waals surface area contributed by atoms with Crippen LogP contribution in [0.4, 0.5) is 11.8 Å². The summed E-state index contributed by atoms with van der Waals surface area (Å²) >= 11 is 3.41. The van der Waals surface area contributed by atoms with Crippen molar-refractivity contribution in [1.82, 2.24) is 9.97 Å². The second-order valence-electron chi connectivity index (χ2n) is 4.92. The summed E-state index contributed by atoms with van der Waals surface area (Å²) in [5.74, 6) is 1.30. The van der Waals surface area contributed by atoms with Gasteiger partial charge < -0.3 is 15.7 Å². The molecule has 1 heterocycles. The molecule has 0 amide bonds. The molecule has 0 aliphatic rings. The molecule has 1 aromatic heterocycles. The van der Waals surface area contributed by atoms with Crippen LogP contribution >= 0.6 is 15.9 Å². The number of hydrogen-bond acceptors (Lipinski definition) is 5. The van der Waals surface area contributed by atoms with Crippen LogP contribution in [0.3, 0.4) is 0 Å². The highest BCUT2D eigenvalue weighted by atomic mass is 79.9. The summed E-state index contributed by atoms with van der Waals surface area (Å²) in [6.45, 7) is 7.28. The Kier molecular flexibility index (Phi) is 6.51. The van der Waals surface area contributed by atoms with E-state index in [1.807, 2.05) is 6.92 Å². The summed E-state index contributed by atoms with van der Waals surface area (Å²) in [5, 5.41) is 16.4. The van der Waals surface area contributed by atoms with Gasteiger partial charge in [0.15, 0.2) is 0 Å². The van der Waals surface area contributed by atoms with Crippen LogP contribution in [0.25, 0.3) is 0 Å². The van der Waals surface area contributed by atoms with Crippen molar-refractivity contribution >= 4 is 27.7 Å². The second-order valence-corrected chi connectivity index (χ2v) is 5.77. The Bertz CT molecular complexity index is 398. The molecule has 0 radical (unpaired) electrons. The fraction of sp³-hybridized carbons (Fsp3) is 0.692. The van der Waals surface area contributed by atoms with Gasteiger partial charge in [0.2, 0.25) is 5.95 Å². The Balaban J connectivity index is 2.66. The van der Waals surface area contributed by atoms with E-state index in [4.69, 9.17) is 0 Å². The van der Waals surface area contributed by atoms with Gasteiger partial charge in [-0.3, -0.25) is 0 Å². The molecule has 1 unspecified atom stereocenters. The number of rotatable bonds is 8. The van der Waals surface area contributed by atoms with E-state index in [1.54, 1.807) is 6.20 Å². The van der Waals surface area contributed by atoms with Gasteiger partial charge in [-0.1, -0.05) is 20.3 Å². The van der Waals surface area contributed by atoms with Crippen LogP contribution < -0.4 is 10.6 Å². The van der Waals surface area contributed by atoms with Crippen LogP contribution in [0.5, 0.6) is 0 Å². The van der Waals surface area contributed by atoms with Gasteiger partial charge >= 0.3 is 0 Å². The molecule has 108 valence electrons. The third-order valence-electron chi connectivity index (χ3n) is 2.70. The largest absolute Gasteiger partial charge is 0.388 e. The lowest BCUT2D eigenvalue weighted by Gasteiger charge is -2.23. The summed E-state index contributed by atoms with van der Waals surface area (Å²) in [6.07, 6.45) is 4.43. The number of aliphatic hydroxyl groups is 1. The molecule has 0 spiro atoms. The van der Waals surface area contributed by atoms with Crippen molar-refractivity contribution in [2.75, 3.05) is 23.7 Å². The lowest BCUT2D eigenvalue weighted by Crippen LogP contribution is -2.33. The monoisotopic (exact) mass is 330 g/mol. The zero-order valence-corrected chi connectivity index (χ0v) is 13.4. The molecule has 5 nitrogen and oxygen atoms in total. The molecule has 3 N–H and O–H groups in total. The third-order valence-corrected chi connectivity index (χ3v) is 3.28. The average Bonchev–Trinajstić information content (AvgIpc) is 2.36. The number of hydrogen-bond donors (Lipinski definition) is 3. The Morgan fingerprint density at radius 3 is 2.68 bits per heavy atom. The van der Waals surface area contributed by atoms with Gasteiger partial charge in [-0.05, 0) is 35.7 Å². The molecular weight excluding hydrogens is 308 g/mol. The SMILES string of the molecule is CCCNc1ncc(Br)c(NCC(C)(O)CCC)n1. The van der Waals surface area contributed by atoms with E-state index in [1.165, 1.54) is 0 Å². The summed E-state index contributed by atoms with van der Waals surface area (Å²) in [5.41, 5.74) is -0.726. The fourth-order valence-electron chi connectivity index (χ4n) is 1.71.